The quantitative estimate of drug-likeness (QED) is 0.363. The van der Waals surface area contributed by atoms with Crippen LogP contribution >= 0.6 is 0 Å². The number of anilines is 1. The smallest absolute Gasteiger partial charge is 0.303 e. The number of morpholine rings is 1. The fourth-order valence-corrected chi connectivity index (χ4v) is 3.03. The van der Waals surface area contributed by atoms with Gasteiger partial charge in [0, 0.05) is 32.1 Å². The molecule has 0 aliphatic carbocycles. The molecule has 1 amide bonds. The number of nitrogens with one attached hydrogen (secondary N) is 1. The Bertz CT molecular complexity index is 673. The van der Waals surface area contributed by atoms with Crippen molar-refractivity contribution >= 4 is 23.3 Å². The Kier molecular flexibility index (Phi) is 8.00. The Morgan fingerprint density at radius 2 is 1.89 bits per heavy atom. The van der Waals surface area contributed by atoms with Gasteiger partial charge < -0.3 is 20.1 Å². The van der Waals surface area contributed by atoms with Gasteiger partial charge >= 0.3 is 5.97 Å². The van der Waals surface area contributed by atoms with E-state index in [9.17, 15) is 19.7 Å². The van der Waals surface area contributed by atoms with Crippen LogP contribution in [0.1, 0.15) is 42.5 Å². The molecule has 1 aliphatic rings. The highest BCUT2D eigenvalue weighted by Gasteiger charge is 2.27. The van der Waals surface area contributed by atoms with Crippen LogP contribution in [0.5, 0.6) is 0 Å². The first-order valence-electron chi connectivity index (χ1n) is 9.11. The molecule has 2 rings (SSSR count). The van der Waals surface area contributed by atoms with Crippen molar-refractivity contribution in [1.82, 2.24) is 5.32 Å². The summed E-state index contributed by atoms with van der Waals surface area (Å²) in [6.45, 7) is 2.35. The minimum Gasteiger partial charge on any atom is -0.481 e. The maximum absolute atomic E-state index is 12.6. The molecule has 0 atom stereocenters. The molecule has 0 saturated carbocycles. The summed E-state index contributed by atoms with van der Waals surface area (Å²) in [5, 5.41) is 22.8. The normalized spacial score (nSPS) is 14.0. The Balaban J connectivity index is 1.97. The van der Waals surface area contributed by atoms with Crippen molar-refractivity contribution in [3.05, 3.63) is 33.9 Å². The standard InChI is InChI=1S/C18H25N3O6/c22-16(23)8-3-1-2-4-9-19-18(24)14-6-5-7-15(21(25)26)17(14)20-10-12-27-13-11-20/h5-7H,1-4,8-13H2,(H,19,24)(H,22,23). The molecule has 1 fully saturated rings. The Morgan fingerprint density at radius 1 is 1.19 bits per heavy atom. The van der Waals surface area contributed by atoms with E-state index in [1.807, 2.05) is 4.90 Å². The average molecular weight is 379 g/mol. The van der Waals surface area contributed by atoms with Crippen molar-refractivity contribution in [1.29, 1.82) is 0 Å². The van der Waals surface area contributed by atoms with Crippen molar-refractivity contribution in [2.75, 3.05) is 37.7 Å². The van der Waals surface area contributed by atoms with E-state index in [1.165, 1.54) is 12.1 Å². The molecule has 9 nitrogen and oxygen atoms in total. The van der Waals surface area contributed by atoms with Gasteiger partial charge in [0.15, 0.2) is 0 Å². The van der Waals surface area contributed by atoms with Crippen LogP contribution < -0.4 is 10.2 Å². The maximum Gasteiger partial charge on any atom is 0.303 e. The van der Waals surface area contributed by atoms with E-state index in [-0.39, 0.29) is 23.6 Å². The molecule has 0 spiro atoms. The number of ether oxygens (including phenoxy) is 1. The highest BCUT2D eigenvalue weighted by Crippen LogP contribution is 2.32. The minimum absolute atomic E-state index is 0.0850. The summed E-state index contributed by atoms with van der Waals surface area (Å²) in [7, 11) is 0. The molecular formula is C18H25N3O6. The number of nitro groups is 1. The summed E-state index contributed by atoms with van der Waals surface area (Å²) in [4.78, 5) is 35.8. The first-order chi connectivity index (χ1) is 13.0. The first kappa shape index (κ1) is 20.6. The zero-order chi connectivity index (χ0) is 19.6. The number of nitro benzene ring substituents is 1. The molecule has 2 N–H and O–H groups in total. The van der Waals surface area contributed by atoms with Gasteiger partial charge in [-0.1, -0.05) is 18.9 Å². The van der Waals surface area contributed by atoms with Crippen LogP contribution in [0.25, 0.3) is 0 Å². The predicted molar refractivity (Wildman–Crippen MR) is 99.2 cm³/mol. The number of unbranched alkanes of at least 4 members (excludes halogenated alkanes) is 3. The van der Waals surface area contributed by atoms with E-state index in [4.69, 9.17) is 9.84 Å². The third kappa shape index (κ3) is 6.21. The van der Waals surface area contributed by atoms with Crippen molar-refractivity contribution < 1.29 is 24.4 Å². The second-order valence-corrected chi connectivity index (χ2v) is 6.34. The number of hydrogen-bond acceptors (Lipinski definition) is 6. The molecule has 1 saturated heterocycles. The SMILES string of the molecule is O=C(O)CCCCCCNC(=O)c1cccc([N+](=O)[O-])c1N1CCOCC1. The molecule has 1 heterocycles. The van der Waals surface area contributed by atoms with Gasteiger partial charge in [-0.3, -0.25) is 19.7 Å². The predicted octanol–water partition coefficient (Wildman–Crippen LogP) is 2.20. The molecule has 1 aromatic carbocycles. The third-order valence-corrected chi connectivity index (χ3v) is 4.39. The maximum atomic E-state index is 12.6. The summed E-state index contributed by atoms with van der Waals surface area (Å²) in [6.07, 6.45) is 3.11. The third-order valence-electron chi connectivity index (χ3n) is 4.39. The summed E-state index contributed by atoms with van der Waals surface area (Å²) in [5.74, 6) is -1.14. The van der Waals surface area contributed by atoms with E-state index >= 15 is 0 Å². The van der Waals surface area contributed by atoms with Crippen molar-refractivity contribution in [3.63, 3.8) is 0 Å². The molecule has 0 radical (unpaired) electrons. The average Bonchev–Trinajstić information content (AvgIpc) is 2.66. The second kappa shape index (κ2) is 10.5. The molecular weight excluding hydrogens is 354 g/mol. The highest BCUT2D eigenvalue weighted by atomic mass is 16.6. The highest BCUT2D eigenvalue weighted by molar-refractivity contribution is 6.02. The number of hydrogen-bond donors (Lipinski definition) is 2. The van der Waals surface area contributed by atoms with Crippen LogP contribution in [0.2, 0.25) is 0 Å². The fourth-order valence-electron chi connectivity index (χ4n) is 3.03. The first-order valence-corrected chi connectivity index (χ1v) is 9.11. The van der Waals surface area contributed by atoms with Crippen molar-refractivity contribution in [2.24, 2.45) is 0 Å². The van der Waals surface area contributed by atoms with E-state index in [0.717, 1.165) is 19.3 Å². The lowest BCUT2D eigenvalue weighted by Crippen LogP contribution is -2.38. The number of benzene rings is 1. The number of carbonyl (C=O) groups is 2. The summed E-state index contributed by atoms with van der Waals surface area (Å²) in [5.41, 5.74) is 0.542. The number of aliphatic carboxylic acids is 1. The van der Waals surface area contributed by atoms with Gasteiger partial charge in [-0.15, -0.1) is 0 Å². The van der Waals surface area contributed by atoms with Crippen molar-refractivity contribution in [2.45, 2.75) is 32.1 Å². The van der Waals surface area contributed by atoms with E-state index in [2.05, 4.69) is 5.32 Å². The van der Waals surface area contributed by atoms with Crippen LogP contribution in [0.3, 0.4) is 0 Å². The van der Waals surface area contributed by atoms with Gasteiger partial charge in [0.05, 0.1) is 23.7 Å². The van der Waals surface area contributed by atoms with Crippen LogP contribution in [0, 0.1) is 10.1 Å². The Morgan fingerprint density at radius 3 is 2.56 bits per heavy atom. The molecule has 0 unspecified atom stereocenters. The largest absolute Gasteiger partial charge is 0.481 e. The van der Waals surface area contributed by atoms with E-state index < -0.39 is 10.9 Å². The summed E-state index contributed by atoms with van der Waals surface area (Å²) in [6, 6.07) is 4.52. The number of carboxylic acid groups (broad SMARTS) is 1. The minimum atomic E-state index is -0.801. The van der Waals surface area contributed by atoms with Gasteiger partial charge in [-0.25, -0.2) is 0 Å². The zero-order valence-electron chi connectivity index (χ0n) is 15.2. The molecule has 1 aromatic rings. The van der Waals surface area contributed by atoms with Crippen LogP contribution in [-0.4, -0.2) is 54.8 Å². The van der Waals surface area contributed by atoms with E-state index in [1.54, 1.807) is 6.07 Å². The molecule has 0 aromatic heterocycles. The lowest BCUT2D eigenvalue weighted by Gasteiger charge is -2.29. The molecule has 27 heavy (non-hydrogen) atoms. The number of rotatable bonds is 10. The number of carboxylic acids is 1. The number of carbonyl (C=O) groups excluding carboxylic acids is 1. The van der Waals surface area contributed by atoms with E-state index in [0.29, 0.717) is 45.0 Å². The molecule has 9 heteroatoms. The lowest BCUT2D eigenvalue weighted by molar-refractivity contribution is -0.384. The van der Waals surface area contributed by atoms with Crippen molar-refractivity contribution in [3.8, 4) is 0 Å². The van der Waals surface area contributed by atoms with Crippen LogP contribution in [0.15, 0.2) is 18.2 Å². The van der Waals surface area contributed by atoms with Gasteiger partial charge in [-0.05, 0) is 18.9 Å². The topological polar surface area (TPSA) is 122 Å². The van der Waals surface area contributed by atoms with Gasteiger partial charge in [0.2, 0.25) is 0 Å². The molecule has 148 valence electrons. The van der Waals surface area contributed by atoms with Gasteiger partial charge in [0.25, 0.3) is 11.6 Å². The van der Waals surface area contributed by atoms with Crippen LogP contribution in [-0.2, 0) is 9.53 Å². The Labute approximate surface area is 157 Å². The Hall–Kier alpha value is -2.68. The summed E-state index contributed by atoms with van der Waals surface area (Å²) >= 11 is 0. The molecule has 0 bridgehead atoms. The fraction of sp³-hybridized carbons (Fsp3) is 0.556. The van der Waals surface area contributed by atoms with Gasteiger partial charge in [-0.2, -0.15) is 0 Å². The monoisotopic (exact) mass is 379 g/mol. The second-order valence-electron chi connectivity index (χ2n) is 6.34. The van der Waals surface area contributed by atoms with Gasteiger partial charge in [0.1, 0.15) is 5.69 Å². The number of amides is 1. The zero-order valence-corrected chi connectivity index (χ0v) is 15.2. The van der Waals surface area contributed by atoms with Crippen LogP contribution in [0.4, 0.5) is 11.4 Å². The lowest BCUT2D eigenvalue weighted by atomic mass is 10.1. The number of para-hydroxylation sites is 1. The number of nitrogens with zero attached hydrogens (tertiary/aromatic N) is 2. The molecule has 1 aliphatic heterocycles. The summed E-state index contributed by atoms with van der Waals surface area (Å²) < 4.78 is 5.30.